The van der Waals surface area contributed by atoms with E-state index in [9.17, 15) is 5.21 Å². The van der Waals surface area contributed by atoms with E-state index in [1.54, 1.807) is 6.26 Å². The molecule has 1 heterocycles. The molecule has 0 unspecified atom stereocenters. The summed E-state index contributed by atoms with van der Waals surface area (Å²) >= 11 is 0. The second-order valence-corrected chi connectivity index (χ2v) is 9.46. The summed E-state index contributed by atoms with van der Waals surface area (Å²) in [6, 6.07) is 1.86. The fraction of sp³-hybridized carbons (Fsp3) is 0.417. The topological polar surface area (TPSA) is 39.2 Å². The van der Waals surface area contributed by atoms with Crippen LogP contribution in [0.3, 0.4) is 0 Å². The smallest absolute Gasteiger partial charge is 0.217 e. The lowest BCUT2D eigenvalue weighted by molar-refractivity contribution is -0.417. The Morgan fingerprint density at radius 2 is 2.19 bits per heavy atom. The Morgan fingerprint density at radius 1 is 1.50 bits per heavy atom. The van der Waals surface area contributed by atoms with Crippen molar-refractivity contribution in [2.24, 2.45) is 0 Å². The molecule has 0 fully saturated rings. The molecule has 0 saturated carbocycles. The van der Waals surface area contributed by atoms with Crippen molar-refractivity contribution in [2.45, 2.75) is 26.1 Å². The molecule has 16 heavy (non-hydrogen) atoms. The van der Waals surface area contributed by atoms with Crippen LogP contribution in [0.25, 0.3) is 0 Å². The number of rotatable bonds is 2. The van der Waals surface area contributed by atoms with E-state index in [2.05, 4.69) is 31.1 Å². The van der Waals surface area contributed by atoms with Crippen LogP contribution in [0.4, 0.5) is 0 Å². The average molecular weight is 235 g/mol. The van der Waals surface area contributed by atoms with Crippen LogP contribution in [-0.2, 0) is 6.42 Å². The first-order chi connectivity index (χ1) is 7.38. The second kappa shape index (κ2) is 5.04. The zero-order valence-electron chi connectivity index (χ0n) is 10.2. The molecule has 0 aliphatic rings. The van der Waals surface area contributed by atoms with E-state index in [0.717, 1.165) is 10.3 Å². The van der Waals surface area contributed by atoms with Crippen LogP contribution in [-0.4, -0.2) is 26.1 Å². The Balaban J connectivity index is 2.78. The molecule has 1 aromatic heterocycles. The third-order valence-electron chi connectivity index (χ3n) is 1.82. The van der Waals surface area contributed by atoms with Crippen LogP contribution < -0.4 is 0 Å². The summed E-state index contributed by atoms with van der Waals surface area (Å²) in [5, 5.41) is 10.9. The summed E-state index contributed by atoms with van der Waals surface area (Å²) < 4.78 is 5.93. The molecule has 0 atom stereocenters. The average Bonchev–Trinajstić information content (AvgIpc) is 2.49. The molecule has 1 aromatic rings. The highest BCUT2D eigenvalue weighted by molar-refractivity contribution is 6.83. The quantitative estimate of drug-likeness (QED) is 0.197. The molecule has 0 saturated heterocycles. The zero-order chi connectivity index (χ0) is 12.2. The van der Waals surface area contributed by atoms with Crippen molar-refractivity contribution >= 4 is 14.3 Å². The van der Waals surface area contributed by atoms with Gasteiger partial charge in [0.15, 0.2) is 5.76 Å². The van der Waals surface area contributed by atoms with Crippen molar-refractivity contribution in [3.8, 4) is 11.5 Å². The number of hydrogen-bond donors (Lipinski definition) is 0. The fourth-order valence-corrected chi connectivity index (χ4v) is 1.80. The van der Waals surface area contributed by atoms with E-state index in [0.29, 0.717) is 12.2 Å². The van der Waals surface area contributed by atoms with Gasteiger partial charge in [0.1, 0.15) is 15.1 Å². The van der Waals surface area contributed by atoms with Gasteiger partial charge in [0, 0.05) is 12.0 Å². The zero-order valence-corrected chi connectivity index (χ0v) is 11.2. The van der Waals surface area contributed by atoms with Gasteiger partial charge < -0.3 is 9.62 Å². The van der Waals surface area contributed by atoms with Crippen molar-refractivity contribution in [2.75, 3.05) is 7.05 Å². The number of hydrogen-bond acceptors (Lipinski definition) is 2. The summed E-state index contributed by atoms with van der Waals surface area (Å²) in [6.45, 7) is 6.61. The first-order valence-corrected chi connectivity index (χ1v) is 8.70. The highest BCUT2D eigenvalue weighted by Crippen LogP contribution is 2.08. The summed E-state index contributed by atoms with van der Waals surface area (Å²) in [7, 11) is 0.116. The van der Waals surface area contributed by atoms with Gasteiger partial charge in [-0.3, -0.25) is 0 Å². The van der Waals surface area contributed by atoms with Gasteiger partial charge in [0.2, 0.25) is 6.21 Å². The predicted octanol–water partition coefficient (Wildman–Crippen LogP) is 2.26. The van der Waals surface area contributed by atoms with Crippen LogP contribution in [0.2, 0.25) is 19.6 Å². The SMILES string of the molecule is C/[N+]([O-])=C/c1occc1CC#C[Si](C)(C)C. The number of nitrogens with zero attached hydrogens (tertiary/aromatic N) is 1. The van der Waals surface area contributed by atoms with Crippen molar-refractivity contribution in [1.82, 2.24) is 0 Å². The highest BCUT2D eigenvalue weighted by atomic mass is 28.3. The minimum absolute atomic E-state index is 0.599. The number of hydroxylamine groups is 1. The lowest BCUT2D eigenvalue weighted by atomic mass is 10.2. The van der Waals surface area contributed by atoms with Gasteiger partial charge in [-0.15, -0.1) is 11.5 Å². The second-order valence-electron chi connectivity index (χ2n) is 4.71. The molecule has 0 aliphatic heterocycles. The van der Waals surface area contributed by atoms with Gasteiger partial charge in [-0.2, -0.15) is 0 Å². The standard InChI is InChI=1S/C12H17NO2Si/c1-13(14)10-12-11(7-8-15-12)6-5-9-16(2,3)4/h7-8,10H,6H2,1-4H3/b13-10-. The summed E-state index contributed by atoms with van der Waals surface area (Å²) in [5.41, 5.74) is 4.25. The maximum atomic E-state index is 10.9. The monoisotopic (exact) mass is 235 g/mol. The molecule has 0 amide bonds. The van der Waals surface area contributed by atoms with Crippen LogP contribution >= 0.6 is 0 Å². The fourth-order valence-electron chi connectivity index (χ4n) is 1.18. The summed E-state index contributed by atoms with van der Waals surface area (Å²) in [4.78, 5) is 0. The number of furan rings is 1. The van der Waals surface area contributed by atoms with E-state index < -0.39 is 8.07 Å². The first kappa shape index (κ1) is 12.6. The van der Waals surface area contributed by atoms with Gasteiger partial charge in [-0.1, -0.05) is 19.6 Å². The molecular formula is C12H17NO2Si. The van der Waals surface area contributed by atoms with Crippen LogP contribution in [0.5, 0.6) is 0 Å². The summed E-state index contributed by atoms with van der Waals surface area (Å²) in [6.07, 6.45) is 3.65. The minimum atomic E-state index is -1.31. The van der Waals surface area contributed by atoms with E-state index >= 15 is 0 Å². The van der Waals surface area contributed by atoms with Gasteiger partial charge >= 0.3 is 0 Å². The van der Waals surface area contributed by atoms with Crippen molar-refractivity contribution in [3.63, 3.8) is 0 Å². The van der Waals surface area contributed by atoms with E-state index in [4.69, 9.17) is 4.42 Å². The molecule has 0 N–H and O–H groups in total. The Kier molecular flexibility index (Phi) is 3.97. The molecule has 3 nitrogen and oxygen atoms in total. The minimum Gasteiger partial charge on any atom is -0.624 e. The lowest BCUT2D eigenvalue weighted by Gasteiger charge is -2.03. The Hall–Kier alpha value is -1.47. The van der Waals surface area contributed by atoms with E-state index in [-0.39, 0.29) is 0 Å². The molecule has 0 bridgehead atoms. The van der Waals surface area contributed by atoms with Gasteiger partial charge in [0.05, 0.1) is 6.26 Å². The Morgan fingerprint density at radius 3 is 2.75 bits per heavy atom. The molecule has 86 valence electrons. The molecule has 1 rings (SSSR count). The Bertz CT molecular complexity index is 440. The molecule has 0 aliphatic carbocycles. The van der Waals surface area contributed by atoms with Gasteiger partial charge in [-0.25, -0.2) is 4.74 Å². The van der Waals surface area contributed by atoms with Crippen LogP contribution in [0, 0.1) is 16.7 Å². The lowest BCUT2D eigenvalue weighted by Crippen LogP contribution is -2.16. The third kappa shape index (κ3) is 4.37. The highest BCUT2D eigenvalue weighted by Gasteiger charge is 2.08. The molecule has 4 heteroatoms. The van der Waals surface area contributed by atoms with E-state index in [1.165, 1.54) is 13.3 Å². The normalized spacial score (nSPS) is 12.1. The third-order valence-corrected chi connectivity index (χ3v) is 2.75. The summed E-state index contributed by atoms with van der Waals surface area (Å²) in [5.74, 6) is 3.75. The van der Waals surface area contributed by atoms with Gasteiger partial charge in [0.25, 0.3) is 0 Å². The predicted molar refractivity (Wildman–Crippen MR) is 68.3 cm³/mol. The van der Waals surface area contributed by atoms with Gasteiger partial charge in [-0.05, 0) is 6.07 Å². The van der Waals surface area contributed by atoms with E-state index in [1.807, 2.05) is 6.07 Å². The first-order valence-electron chi connectivity index (χ1n) is 5.20. The molecule has 0 aromatic carbocycles. The van der Waals surface area contributed by atoms with Crippen molar-refractivity contribution in [3.05, 3.63) is 28.9 Å². The molecule has 0 spiro atoms. The molecular weight excluding hydrogens is 218 g/mol. The Labute approximate surface area is 97.4 Å². The van der Waals surface area contributed by atoms with Crippen molar-refractivity contribution < 1.29 is 9.16 Å². The molecule has 0 radical (unpaired) electrons. The van der Waals surface area contributed by atoms with Crippen LogP contribution in [0.15, 0.2) is 16.7 Å². The maximum absolute atomic E-state index is 10.9. The van der Waals surface area contributed by atoms with Crippen LogP contribution in [0.1, 0.15) is 11.3 Å². The maximum Gasteiger partial charge on any atom is 0.217 e. The largest absolute Gasteiger partial charge is 0.624 e. The van der Waals surface area contributed by atoms with Crippen molar-refractivity contribution in [1.29, 1.82) is 0 Å².